The number of halogens is 1. The van der Waals surface area contributed by atoms with Crippen molar-refractivity contribution in [2.45, 2.75) is 90.6 Å². The summed E-state index contributed by atoms with van der Waals surface area (Å²) in [6.07, 6.45) is 4.46. The van der Waals surface area contributed by atoms with Crippen LogP contribution in [0.3, 0.4) is 0 Å². The van der Waals surface area contributed by atoms with E-state index < -0.39 is 35.7 Å². The lowest BCUT2D eigenvalue weighted by molar-refractivity contribution is -0.136. The molecule has 1 fully saturated rings. The van der Waals surface area contributed by atoms with Crippen LogP contribution in [-0.2, 0) is 19.2 Å². The number of hydrogen-bond donors (Lipinski definition) is 2. The van der Waals surface area contributed by atoms with Gasteiger partial charge in [-0.3, -0.25) is 48.5 Å². The maximum absolute atomic E-state index is 13.3. The SMILES string of the molecule is Cc1sc2c(c1C)C(c1ccc(Cl)cc1)=N[C@@H](CC(=O)NCCCCCCCC(=O)COc1cccc3c1C(=O)N(C1CCC(=O)NC1=O)C3=O)c1nnc(C)n1-2. The first-order valence-corrected chi connectivity index (χ1v) is 20.2. The molecule has 0 radical (unpaired) electrons. The lowest BCUT2D eigenvalue weighted by Gasteiger charge is -2.27. The Balaban J connectivity index is 0.855. The van der Waals surface area contributed by atoms with E-state index >= 15 is 0 Å². The molecule has 1 saturated heterocycles. The van der Waals surface area contributed by atoms with E-state index in [9.17, 15) is 28.8 Å². The molecule has 0 saturated carbocycles. The van der Waals surface area contributed by atoms with E-state index in [1.807, 2.05) is 35.8 Å². The number of carbonyl (C=O) groups is 6. The molecule has 2 aromatic carbocycles. The van der Waals surface area contributed by atoms with Gasteiger partial charge >= 0.3 is 0 Å². The maximum Gasteiger partial charge on any atom is 0.266 e. The van der Waals surface area contributed by atoms with Crippen LogP contribution in [0.25, 0.3) is 5.00 Å². The van der Waals surface area contributed by atoms with E-state index in [0.29, 0.717) is 23.8 Å². The van der Waals surface area contributed by atoms with Gasteiger partial charge in [0, 0.05) is 40.4 Å². The molecule has 4 aromatic rings. The molecule has 16 heteroatoms. The Kier molecular flexibility index (Phi) is 11.8. The predicted molar refractivity (Wildman–Crippen MR) is 212 cm³/mol. The molecular weight excluding hydrogens is 770 g/mol. The Morgan fingerprint density at radius 3 is 2.47 bits per heavy atom. The smallest absolute Gasteiger partial charge is 0.266 e. The topological polar surface area (TPSA) is 182 Å². The molecule has 3 aliphatic heterocycles. The lowest BCUT2D eigenvalue weighted by atomic mass is 9.99. The van der Waals surface area contributed by atoms with Gasteiger partial charge in [0.15, 0.2) is 11.6 Å². The quantitative estimate of drug-likeness (QED) is 0.113. The summed E-state index contributed by atoms with van der Waals surface area (Å²) in [5, 5.41) is 15.7. The average Bonchev–Trinajstić information content (AvgIpc) is 3.76. The minimum atomic E-state index is -1.09. The molecule has 5 amide bonds. The number of Topliss-reactive ketones (excluding diaryl/α,β-unsaturated/α-hetero) is 1. The number of aliphatic imine (C=N–C) groups is 1. The zero-order chi connectivity index (χ0) is 40.4. The molecule has 0 spiro atoms. The summed E-state index contributed by atoms with van der Waals surface area (Å²) in [5.41, 5.74) is 3.94. The van der Waals surface area contributed by atoms with Crippen molar-refractivity contribution >= 4 is 64.0 Å². The van der Waals surface area contributed by atoms with Crippen LogP contribution in [0.15, 0.2) is 47.5 Å². The van der Waals surface area contributed by atoms with E-state index in [-0.39, 0.29) is 60.9 Å². The van der Waals surface area contributed by atoms with Crippen molar-refractivity contribution in [1.29, 1.82) is 0 Å². The first kappa shape index (κ1) is 39.7. The number of nitrogens with one attached hydrogen (secondary N) is 2. The zero-order valence-electron chi connectivity index (χ0n) is 31.9. The molecule has 0 bridgehead atoms. The molecule has 2 aromatic heterocycles. The van der Waals surface area contributed by atoms with Crippen molar-refractivity contribution in [2.24, 2.45) is 4.99 Å². The van der Waals surface area contributed by atoms with Gasteiger partial charge in [-0.15, -0.1) is 21.5 Å². The van der Waals surface area contributed by atoms with E-state index in [4.69, 9.17) is 21.3 Å². The van der Waals surface area contributed by atoms with Gasteiger partial charge in [0.1, 0.15) is 35.3 Å². The number of ether oxygens (including phenoxy) is 1. The third-order valence-electron chi connectivity index (χ3n) is 10.5. The van der Waals surface area contributed by atoms with Gasteiger partial charge in [0.05, 0.1) is 23.3 Å². The second-order valence-electron chi connectivity index (χ2n) is 14.4. The highest BCUT2D eigenvalue weighted by Gasteiger charge is 2.46. The van der Waals surface area contributed by atoms with Crippen LogP contribution in [0.2, 0.25) is 5.02 Å². The van der Waals surface area contributed by atoms with Gasteiger partial charge in [-0.25, -0.2) is 0 Å². The largest absolute Gasteiger partial charge is 0.485 e. The number of benzene rings is 2. The second-order valence-corrected chi connectivity index (χ2v) is 16.1. The van der Waals surface area contributed by atoms with Gasteiger partial charge in [-0.1, -0.05) is 49.1 Å². The van der Waals surface area contributed by atoms with Crippen molar-refractivity contribution in [3.8, 4) is 10.8 Å². The number of aromatic nitrogens is 3. The number of amides is 5. The van der Waals surface area contributed by atoms with Crippen LogP contribution in [0.4, 0.5) is 0 Å². The molecule has 2 atom stereocenters. The first-order chi connectivity index (χ1) is 27.4. The van der Waals surface area contributed by atoms with Gasteiger partial charge in [0.25, 0.3) is 11.8 Å². The Labute approximate surface area is 338 Å². The Morgan fingerprint density at radius 1 is 0.947 bits per heavy atom. The lowest BCUT2D eigenvalue weighted by Crippen LogP contribution is -2.54. The number of aryl methyl sites for hydroxylation is 2. The third-order valence-corrected chi connectivity index (χ3v) is 12.0. The van der Waals surface area contributed by atoms with Gasteiger partial charge in [0.2, 0.25) is 17.7 Å². The maximum atomic E-state index is 13.3. The summed E-state index contributed by atoms with van der Waals surface area (Å²) >= 11 is 7.88. The predicted octanol–water partition coefficient (Wildman–Crippen LogP) is 5.70. The van der Waals surface area contributed by atoms with Crippen molar-refractivity contribution in [1.82, 2.24) is 30.3 Å². The summed E-state index contributed by atoms with van der Waals surface area (Å²) in [7, 11) is 0. The van der Waals surface area contributed by atoms with Crippen LogP contribution >= 0.6 is 22.9 Å². The van der Waals surface area contributed by atoms with Crippen molar-refractivity contribution in [3.05, 3.63) is 91.8 Å². The monoisotopic (exact) mass is 811 g/mol. The number of nitrogens with zero attached hydrogens (tertiary/aromatic N) is 5. The molecule has 7 rings (SSSR count). The molecule has 1 unspecified atom stereocenters. The Bertz CT molecular complexity index is 2320. The number of unbranched alkanes of at least 4 members (excludes halogenated alkanes) is 4. The molecule has 296 valence electrons. The molecule has 0 aliphatic carbocycles. The number of fused-ring (bicyclic) bond motifs is 4. The van der Waals surface area contributed by atoms with Crippen molar-refractivity contribution < 1.29 is 33.5 Å². The average molecular weight is 812 g/mol. The van der Waals surface area contributed by atoms with Crippen LogP contribution in [-0.4, -0.2) is 79.9 Å². The zero-order valence-corrected chi connectivity index (χ0v) is 33.4. The number of imide groups is 2. The van der Waals surface area contributed by atoms with E-state index in [1.54, 1.807) is 17.4 Å². The number of piperidine rings is 1. The number of carbonyl (C=O) groups excluding carboxylic acids is 6. The normalized spacial score (nSPS) is 17.4. The first-order valence-electron chi connectivity index (χ1n) is 19.0. The molecule has 57 heavy (non-hydrogen) atoms. The van der Waals surface area contributed by atoms with Crippen LogP contribution in [0.1, 0.15) is 118 Å². The number of rotatable bonds is 15. The molecular formula is C41H42ClN7O7S. The Morgan fingerprint density at radius 2 is 1.70 bits per heavy atom. The highest BCUT2D eigenvalue weighted by molar-refractivity contribution is 7.15. The van der Waals surface area contributed by atoms with Crippen molar-refractivity contribution in [2.75, 3.05) is 13.2 Å². The summed E-state index contributed by atoms with van der Waals surface area (Å²) in [5.74, 6) is -1.30. The van der Waals surface area contributed by atoms with E-state index in [0.717, 1.165) is 63.8 Å². The fraction of sp³-hybridized carbons (Fsp3) is 0.390. The summed E-state index contributed by atoms with van der Waals surface area (Å²) in [6, 6.07) is 10.5. The van der Waals surface area contributed by atoms with Crippen LogP contribution in [0.5, 0.6) is 5.75 Å². The van der Waals surface area contributed by atoms with Gasteiger partial charge in [-0.05, 0) is 69.9 Å². The molecule has 14 nitrogen and oxygen atoms in total. The fourth-order valence-electron chi connectivity index (χ4n) is 7.42. The fourth-order valence-corrected chi connectivity index (χ4v) is 8.76. The van der Waals surface area contributed by atoms with Gasteiger partial charge in [-0.2, -0.15) is 0 Å². The van der Waals surface area contributed by atoms with Crippen molar-refractivity contribution in [3.63, 3.8) is 0 Å². The molecule has 2 N–H and O–H groups in total. The Hall–Kier alpha value is -5.54. The molecule has 3 aliphatic rings. The highest BCUT2D eigenvalue weighted by atomic mass is 35.5. The van der Waals surface area contributed by atoms with Gasteiger partial charge < -0.3 is 10.1 Å². The van der Waals surface area contributed by atoms with E-state index in [2.05, 4.69) is 34.7 Å². The summed E-state index contributed by atoms with van der Waals surface area (Å²) in [6.45, 7) is 6.32. The molecule has 5 heterocycles. The van der Waals surface area contributed by atoms with Crippen LogP contribution < -0.4 is 15.4 Å². The third kappa shape index (κ3) is 8.17. The number of ketones is 1. The highest BCUT2D eigenvalue weighted by Crippen LogP contribution is 2.40. The van der Waals surface area contributed by atoms with Crippen LogP contribution in [0, 0.1) is 20.8 Å². The summed E-state index contributed by atoms with van der Waals surface area (Å²) in [4.78, 5) is 83.4. The minimum Gasteiger partial charge on any atom is -0.485 e. The number of thiophene rings is 1. The standard InChI is InChI=1S/C41H42ClN7O7S/c1-22-23(2)57-41-34(22)36(25-13-15-26(42)16-14-25)44-29(37-47-46-24(3)48(37)41)20-33(52)43-19-8-6-4-5-7-10-27(50)21-56-31-12-9-11-28-35(31)40(55)49(39(28)54)30-17-18-32(51)45-38(30)53/h9,11-16,29-30H,4-8,10,17-21H2,1-3H3,(H,43,52)(H,45,51,53)/t29-,30?/m0/s1. The van der Waals surface area contributed by atoms with E-state index in [1.165, 1.54) is 17.0 Å². The summed E-state index contributed by atoms with van der Waals surface area (Å²) < 4.78 is 7.74. The number of hydrogen-bond acceptors (Lipinski definition) is 11. The minimum absolute atomic E-state index is 0.0112. The second kappa shape index (κ2) is 16.9.